The van der Waals surface area contributed by atoms with E-state index in [1.165, 1.54) is 0 Å². The number of aliphatic hydroxyl groups excluding tert-OH is 1. The summed E-state index contributed by atoms with van der Waals surface area (Å²) < 4.78 is 5.33. The maximum atomic E-state index is 9.25. The van der Waals surface area contributed by atoms with Crippen molar-refractivity contribution in [1.82, 2.24) is 4.90 Å². The molecule has 0 aliphatic carbocycles. The van der Waals surface area contributed by atoms with Crippen LogP contribution in [0.2, 0.25) is 0 Å². The molecular weight excluding hydrogens is 166 g/mol. The molecule has 1 rings (SSSR count). The first-order valence-electron chi connectivity index (χ1n) is 4.60. The highest BCUT2D eigenvalue weighted by Gasteiger charge is 2.33. The van der Waals surface area contributed by atoms with Gasteiger partial charge in [0.2, 0.25) is 0 Å². The molecule has 0 saturated carbocycles. The maximum Gasteiger partial charge on any atom is 0.0670 e. The van der Waals surface area contributed by atoms with E-state index in [9.17, 15) is 5.11 Å². The van der Waals surface area contributed by atoms with Crippen LogP contribution in [0, 0.1) is 12.3 Å². The molecule has 0 aromatic heterocycles. The van der Waals surface area contributed by atoms with Crippen LogP contribution < -0.4 is 0 Å². The van der Waals surface area contributed by atoms with Crippen LogP contribution in [0.3, 0.4) is 0 Å². The predicted molar refractivity (Wildman–Crippen MR) is 51.3 cm³/mol. The Morgan fingerprint density at radius 1 is 1.69 bits per heavy atom. The first kappa shape index (κ1) is 10.5. The summed E-state index contributed by atoms with van der Waals surface area (Å²) in [6.07, 6.45) is 5.94. The third kappa shape index (κ3) is 2.44. The predicted octanol–water partition coefficient (Wildman–Crippen LogP) is 0.0929. The zero-order valence-electron chi connectivity index (χ0n) is 8.12. The van der Waals surface area contributed by atoms with Crippen LogP contribution >= 0.6 is 0 Å². The number of aliphatic hydroxyl groups is 1. The quantitative estimate of drug-likeness (QED) is 0.630. The zero-order chi connectivity index (χ0) is 9.73. The van der Waals surface area contributed by atoms with Gasteiger partial charge < -0.3 is 9.84 Å². The van der Waals surface area contributed by atoms with Crippen LogP contribution in [0.4, 0.5) is 0 Å². The van der Waals surface area contributed by atoms with Gasteiger partial charge in [-0.05, 0) is 6.92 Å². The molecule has 3 heteroatoms. The molecule has 1 N–H and O–H groups in total. The number of rotatable bonds is 3. The summed E-state index contributed by atoms with van der Waals surface area (Å²) in [5.41, 5.74) is -0.241. The Labute approximate surface area is 79.7 Å². The summed E-state index contributed by atoms with van der Waals surface area (Å²) in [4.78, 5) is 2.20. The van der Waals surface area contributed by atoms with E-state index in [4.69, 9.17) is 11.2 Å². The minimum atomic E-state index is -0.241. The van der Waals surface area contributed by atoms with E-state index in [-0.39, 0.29) is 12.1 Å². The number of nitrogens with zero attached hydrogens (tertiary/aromatic N) is 1. The van der Waals surface area contributed by atoms with Crippen molar-refractivity contribution in [3.63, 3.8) is 0 Å². The first-order valence-corrected chi connectivity index (χ1v) is 4.60. The van der Waals surface area contributed by atoms with Crippen LogP contribution in [0.25, 0.3) is 0 Å². The molecule has 13 heavy (non-hydrogen) atoms. The third-order valence-electron chi connectivity index (χ3n) is 2.55. The molecule has 1 saturated heterocycles. The standard InChI is InChI=1S/C10H17NO2/c1-3-4-5-11-6-7-13-9-10(11,2)8-12/h1,12H,4-9H2,2H3. The van der Waals surface area contributed by atoms with Gasteiger partial charge in [0.1, 0.15) is 0 Å². The second-order valence-electron chi connectivity index (χ2n) is 3.65. The lowest BCUT2D eigenvalue weighted by atomic mass is 10.0. The van der Waals surface area contributed by atoms with Crippen LogP contribution in [0.15, 0.2) is 0 Å². The summed E-state index contributed by atoms with van der Waals surface area (Å²) in [6.45, 7) is 5.16. The number of hydrogen-bond donors (Lipinski definition) is 1. The summed E-state index contributed by atoms with van der Waals surface area (Å²) in [5.74, 6) is 2.61. The summed E-state index contributed by atoms with van der Waals surface area (Å²) in [7, 11) is 0. The normalized spacial score (nSPS) is 29.9. The van der Waals surface area contributed by atoms with Gasteiger partial charge in [0.15, 0.2) is 0 Å². The number of morpholine rings is 1. The van der Waals surface area contributed by atoms with Gasteiger partial charge in [0, 0.05) is 19.5 Å². The molecule has 74 valence electrons. The van der Waals surface area contributed by atoms with E-state index < -0.39 is 0 Å². The van der Waals surface area contributed by atoms with Crippen LogP contribution in [0.5, 0.6) is 0 Å². The largest absolute Gasteiger partial charge is 0.394 e. The Hall–Kier alpha value is -0.560. The average molecular weight is 183 g/mol. The van der Waals surface area contributed by atoms with Gasteiger partial charge in [-0.25, -0.2) is 0 Å². The van der Waals surface area contributed by atoms with E-state index in [0.717, 1.165) is 26.1 Å². The highest BCUT2D eigenvalue weighted by molar-refractivity contribution is 4.92. The highest BCUT2D eigenvalue weighted by atomic mass is 16.5. The number of terminal acetylenes is 1. The molecule has 1 fully saturated rings. The lowest BCUT2D eigenvalue weighted by Crippen LogP contribution is -2.57. The van der Waals surface area contributed by atoms with Crippen molar-refractivity contribution in [1.29, 1.82) is 0 Å². The Kier molecular flexibility index (Phi) is 3.73. The minimum Gasteiger partial charge on any atom is -0.394 e. The Bertz CT molecular complexity index is 200. The van der Waals surface area contributed by atoms with Gasteiger partial charge in [0.25, 0.3) is 0 Å². The average Bonchev–Trinajstić information content (AvgIpc) is 2.17. The van der Waals surface area contributed by atoms with Crippen LogP contribution in [0.1, 0.15) is 13.3 Å². The lowest BCUT2D eigenvalue weighted by molar-refractivity contribution is -0.0811. The molecule has 1 unspecified atom stereocenters. The summed E-state index contributed by atoms with van der Waals surface area (Å²) >= 11 is 0. The van der Waals surface area contributed by atoms with E-state index in [1.807, 2.05) is 6.92 Å². The molecule has 0 aromatic rings. The van der Waals surface area contributed by atoms with Gasteiger partial charge in [0.05, 0.1) is 25.4 Å². The molecular formula is C10H17NO2. The minimum absolute atomic E-state index is 0.123. The second-order valence-corrected chi connectivity index (χ2v) is 3.65. The molecule has 1 heterocycles. The molecule has 3 nitrogen and oxygen atoms in total. The molecule has 0 amide bonds. The summed E-state index contributed by atoms with van der Waals surface area (Å²) in [6, 6.07) is 0. The monoisotopic (exact) mass is 183 g/mol. The third-order valence-corrected chi connectivity index (χ3v) is 2.55. The fourth-order valence-corrected chi connectivity index (χ4v) is 1.55. The van der Waals surface area contributed by atoms with Crippen LogP contribution in [-0.4, -0.2) is 48.5 Å². The molecule has 1 aliphatic heterocycles. The summed E-state index contributed by atoms with van der Waals surface area (Å²) in [5, 5.41) is 9.25. The van der Waals surface area contributed by atoms with Gasteiger partial charge in [-0.1, -0.05) is 0 Å². The van der Waals surface area contributed by atoms with E-state index >= 15 is 0 Å². The van der Waals surface area contributed by atoms with Crippen molar-refractivity contribution < 1.29 is 9.84 Å². The van der Waals surface area contributed by atoms with E-state index in [2.05, 4.69) is 10.8 Å². The molecule has 0 radical (unpaired) electrons. The smallest absolute Gasteiger partial charge is 0.0670 e. The fourth-order valence-electron chi connectivity index (χ4n) is 1.55. The van der Waals surface area contributed by atoms with Gasteiger partial charge in [-0.15, -0.1) is 12.3 Å². The van der Waals surface area contributed by atoms with Gasteiger partial charge in [-0.2, -0.15) is 0 Å². The topological polar surface area (TPSA) is 32.7 Å². The van der Waals surface area contributed by atoms with E-state index in [0.29, 0.717) is 6.61 Å². The maximum absolute atomic E-state index is 9.25. The highest BCUT2D eigenvalue weighted by Crippen LogP contribution is 2.18. The molecule has 0 spiro atoms. The van der Waals surface area contributed by atoms with E-state index in [1.54, 1.807) is 0 Å². The second kappa shape index (κ2) is 4.61. The van der Waals surface area contributed by atoms with Crippen molar-refractivity contribution >= 4 is 0 Å². The lowest BCUT2D eigenvalue weighted by Gasteiger charge is -2.43. The van der Waals surface area contributed by atoms with Crippen molar-refractivity contribution in [3.05, 3.63) is 0 Å². The van der Waals surface area contributed by atoms with Crippen molar-refractivity contribution in [2.75, 3.05) is 32.9 Å². The van der Waals surface area contributed by atoms with Crippen molar-refractivity contribution in [2.24, 2.45) is 0 Å². The van der Waals surface area contributed by atoms with Crippen LogP contribution in [-0.2, 0) is 4.74 Å². The fraction of sp³-hybridized carbons (Fsp3) is 0.800. The SMILES string of the molecule is C#CCCN1CCOCC1(C)CO. The Balaban J connectivity index is 2.52. The van der Waals surface area contributed by atoms with Crippen molar-refractivity contribution in [3.8, 4) is 12.3 Å². The molecule has 0 aromatic carbocycles. The number of ether oxygens (including phenoxy) is 1. The Morgan fingerprint density at radius 2 is 2.46 bits per heavy atom. The molecule has 1 aliphatic rings. The number of hydrogen-bond acceptors (Lipinski definition) is 3. The molecule has 0 bridgehead atoms. The first-order chi connectivity index (χ1) is 6.23. The van der Waals surface area contributed by atoms with Crippen molar-refractivity contribution in [2.45, 2.75) is 18.9 Å². The van der Waals surface area contributed by atoms with Gasteiger partial charge in [-0.3, -0.25) is 4.90 Å². The zero-order valence-corrected chi connectivity index (χ0v) is 8.12. The Morgan fingerprint density at radius 3 is 3.08 bits per heavy atom. The van der Waals surface area contributed by atoms with Gasteiger partial charge >= 0.3 is 0 Å². The molecule has 1 atom stereocenters.